The molecule has 5 rings (SSSR count). The fourth-order valence-electron chi connectivity index (χ4n) is 4.59. The summed E-state index contributed by atoms with van der Waals surface area (Å²) in [5, 5.41) is 18.4. The summed E-state index contributed by atoms with van der Waals surface area (Å²) in [6.07, 6.45) is 7.48. The molecule has 8 heteroatoms. The molecule has 4 heterocycles. The summed E-state index contributed by atoms with van der Waals surface area (Å²) in [6.45, 7) is 4.54. The number of likely N-dealkylation sites (tertiary alicyclic amines) is 1. The van der Waals surface area contributed by atoms with E-state index in [-0.39, 0.29) is 0 Å². The Morgan fingerprint density at radius 3 is 2.82 bits per heavy atom. The van der Waals surface area contributed by atoms with Crippen LogP contribution < -0.4 is 4.90 Å². The number of nitrogens with zero attached hydrogens (tertiary/aromatic N) is 5. The second kappa shape index (κ2) is 7.13. The first-order valence-corrected chi connectivity index (χ1v) is 10.9. The van der Waals surface area contributed by atoms with E-state index >= 15 is 0 Å². The van der Waals surface area contributed by atoms with E-state index in [4.69, 9.17) is 11.6 Å². The van der Waals surface area contributed by atoms with Gasteiger partial charge in [0.25, 0.3) is 0 Å². The first kappa shape index (κ1) is 18.1. The van der Waals surface area contributed by atoms with Gasteiger partial charge in [-0.05, 0) is 50.6 Å². The maximum absolute atomic E-state index is 6.58. The zero-order valence-electron chi connectivity index (χ0n) is 15.9. The van der Waals surface area contributed by atoms with Crippen LogP contribution in [0.1, 0.15) is 19.3 Å². The number of halogens is 1. The van der Waals surface area contributed by atoms with Crippen molar-refractivity contribution in [3.8, 4) is 21.7 Å². The average molecular weight is 415 g/mol. The highest BCUT2D eigenvalue weighted by Gasteiger charge is 2.40. The van der Waals surface area contributed by atoms with Crippen LogP contribution >= 0.6 is 22.9 Å². The molecule has 2 aliphatic rings. The van der Waals surface area contributed by atoms with Crippen molar-refractivity contribution in [1.82, 2.24) is 25.3 Å². The van der Waals surface area contributed by atoms with E-state index in [2.05, 4.69) is 43.3 Å². The van der Waals surface area contributed by atoms with Gasteiger partial charge < -0.3 is 9.80 Å². The van der Waals surface area contributed by atoms with Crippen LogP contribution in [0.3, 0.4) is 0 Å². The lowest BCUT2D eigenvalue weighted by Crippen LogP contribution is -2.44. The molecular weight excluding hydrogens is 392 g/mol. The van der Waals surface area contributed by atoms with E-state index < -0.39 is 0 Å². The number of anilines is 1. The third kappa shape index (κ3) is 3.32. The van der Waals surface area contributed by atoms with Crippen LogP contribution in [0.25, 0.3) is 21.7 Å². The lowest BCUT2D eigenvalue weighted by Gasteiger charge is -2.40. The molecule has 1 unspecified atom stereocenters. The van der Waals surface area contributed by atoms with Crippen LogP contribution in [0, 0.1) is 5.41 Å². The predicted molar refractivity (Wildman–Crippen MR) is 114 cm³/mol. The van der Waals surface area contributed by atoms with E-state index in [1.54, 1.807) is 17.5 Å². The molecule has 3 aromatic rings. The van der Waals surface area contributed by atoms with Gasteiger partial charge in [0.2, 0.25) is 5.13 Å². The third-order valence-electron chi connectivity index (χ3n) is 6.01. The summed E-state index contributed by atoms with van der Waals surface area (Å²) in [6, 6.07) is 6.04. The van der Waals surface area contributed by atoms with Gasteiger partial charge in [0, 0.05) is 42.4 Å². The highest BCUT2D eigenvalue weighted by molar-refractivity contribution is 7.18. The Balaban J connectivity index is 1.38. The van der Waals surface area contributed by atoms with E-state index in [1.165, 1.54) is 32.4 Å². The van der Waals surface area contributed by atoms with Gasteiger partial charge in [0.05, 0.1) is 11.2 Å². The number of hydrogen-bond acceptors (Lipinski definition) is 6. The van der Waals surface area contributed by atoms with Crippen LogP contribution in [-0.4, -0.2) is 58.5 Å². The molecule has 2 aliphatic heterocycles. The van der Waals surface area contributed by atoms with Gasteiger partial charge in [0.1, 0.15) is 0 Å². The molecule has 2 aromatic heterocycles. The molecule has 0 saturated carbocycles. The first-order valence-electron chi connectivity index (χ1n) is 9.68. The van der Waals surface area contributed by atoms with Gasteiger partial charge in [-0.3, -0.25) is 5.10 Å². The lowest BCUT2D eigenvalue weighted by molar-refractivity contribution is 0.234. The zero-order valence-corrected chi connectivity index (χ0v) is 17.4. The van der Waals surface area contributed by atoms with Gasteiger partial charge in [-0.15, -0.1) is 10.2 Å². The summed E-state index contributed by atoms with van der Waals surface area (Å²) in [5.41, 5.74) is 3.41. The molecule has 28 heavy (non-hydrogen) atoms. The Labute approximate surface area is 173 Å². The molecule has 1 atom stereocenters. The molecule has 2 fully saturated rings. The van der Waals surface area contributed by atoms with Crippen LogP contribution in [0.2, 0.25) is 5.02 Å². The zero-order chi connectivity index (χ0) is 19.1. The van der Waals surface area contributed by atoms with Gasteiger partial charge in [-0.2, -0.15) is 5.10 Å². The molecule has 1 aromatic carbocycles. The Kier molecular flexibility index (Phi) is 4.61. The van der Waals surface area contributed by atoms with Crippen molar-refractivity contribution < 1.29 is 0 Å². The normalized spacial score (nSPS) is 23.0. The molecule has 0 bridgehead atoms. The van der Waals surface area contributed by atoms with Gasteiger partial charge in [-0.1, -0.05) is 29.0 Å². The van der Waals surface area contributed by atoms with Crippen molar-refractivity contribution >= 4 is 28.1 Å². The Bertz CT molecular complexity index is 967. The summed E-state index contributed by atoms with van der Waals surface area (Å²) in [5.74, 6) is 0. The van der Waals surface area contributed by atoms with Crippen LogP contribution in [0.15, 0.2) is 30.6 Å². The second-order valence-corrected chi connectivity index (χ2v) is 9.45. The Morgan fingerprint density at radius 2 is 2.07 bits per heavy atom. The fraction of sp³-hybridized carbons (Fsp3) is 0.450. The number of nitrogens with one attached hydrogen (secondary N) is 1. The second-order valence-electron chi connectivity index (χ2n) is 8.08. The van der Waals surface area contributed by atoms with Crippen LogP contribution in [0.4, 0.5) is 5.13 Å². The van der Waals surface area contributed by atoms with E-state index in [0.29, 0.717) is 10.4 Å². The van der Waals surface area contributed by atoms with Crippen molar-refractivity contribution in [3.05, 3.63) is 35.6 Å². The molecular formula is C20H23ClN6S. The monoisotopic (exact) mass is 414 g/mol. The average Bonchev–Trinajstić information content (AvgIpc) is 3.43. The van der Waals surface area contributed by atoms with Gasteiger partial charge in [0.15, 0.2) is 5.01 Å². The SMILES string of the molecule is CN1CCC2(CCCN(c3nnc(-c4ccc(-c5cn[nH]c5)cc4Cl)s3)C2)C1. The molecule has 0 aliphatic carbocycles. The summed E-state index contributed by atoms with van der Waals surface area (Å²) in [4.78, 5) is 4.88. The van der Waals surface area contributed by atoms with Crippen molar-refractivity contribution in [2.75, 3.05) is 38.1 Å². The number of aromatic nitrogens is 4. The standard InChI is InChI=1S/C20H23ClN6S/c1-26-8-6-20(12-26)5-2-7-27(13-20)19-25-24-18(28-19)16-4-3-14(9-17(16)21)15-10-22-23-11-15/h3-4,9-11H,2,5-8,12-13H2,1H3,(H,22,23). The summed E-state index contributed by atoms with van der Waals surface area (Å²) in [7, 11) is 2.23. The van der Waals surface area contributed by atoms with E-state index in [9.17, 15) is 0 Å². The van der Waals surface area contributed by atoms with Gasteiger partial charge in [-0.25, -0.2) is 0 Å². The first-order chi connectivity index (χ1) is 13.6. The third-order valence-corrected chi connectivity index (χ3v) is 7.34. The quantitative estimate of drug-likeness (QED) is 0.696. The minimum absolute atomic E-state index is 0.419. The predicted octanol–water partition coefficient (Wildman–Crippen LogP) is 4.17. The largest absolute Gasteiger partial charge is 0.346 e. The number of hydrogen-bond donors (Lipinski definition) is 1. The Morgan fingerprint density at radius 1 is 1.14 bits per heavy atom. The number of aromatic amines is 1. The molecule has 0 radical (unpaired) electrons. The summed E-state index contributed by atoms with van der Waals surface area (Å²) >= 11 is 8.22. The topological polar surface area (TPSA) is 60.9 Å². The lowest BCUT2D eigenvalue weighted by atomic mass is 9.79. The number of piperidine rings is 1. The minimum atomic E-state index is 0.419. The molecule has 0 amide bonds. The van der Waals surface area contributed by atoms with Crippen molar-refractivity contribution in [3.63, 3.8) is 0 Å². The minimum Gasteiger partial charge on any atom is -0.346 e. The molecule has 1 spiro atoms. The molecule has 146 valence electrons. The highest BCUT2D eigenvalue weighted by Crippen LogP contribution is 2.42. The van der Waals surface area contributed by atoms with Crippen molar-refractivity contribution in [2.24, 2.45) is 5.41 Å². The Hall–Kier alpha value is -1.96. The smallest absolute Gasteiger partial charge is 0.208 e. The molecule has 2 saturated heterocycles. The maximum atomic E-state index is 6.58. The molecule has 1 N–H and O–H groups in total. The number of benzene rings is 1. The van der Waals surface area contributed by atoms with E-state index in [1.807, 2.05) is 18.3 Å². The molecule has 6 nitrogen and oxygen atoms in total. The van der Waals surface area contributed by atoms with Crippen LogP contribution in [-0.2, 0) is 0 Å². The maximum Gasteiger partial charge on any atom is 0.208 e. The highest BCUT2D eigenvalue weighted by atomic mass is 35.5. The van der Waals surface area contributed by atoms with E-state index in [0.717, 1.165) is 39.9 Å². The van der Waals surface area contributed by atoms with Crippen molar-refractivity contribution in [1.29, 1.82) is 0 Å². The number of rotatable bonds is 3. The number of H-pyrrole nitrogens is 1. The summed E-state index contributed by atoms with van der Waals surface area (Å²) < 4.78 is 0. The van der Waals surface area contributed by atoms with Gasteiger partial charge >= 0.3 is 0 Å². The van der Waals surface area contributed by atoms with Crippen LogP contribution in [0.5, 0.6) is 0 Å². The fourth-order valence-corrected chi connectivity index (χ4v) is 5.83. The van der Waals surface area contributed by atoms with Crippen molar-refractivity contribution in [2.45, 2.75) is 19.3 Å².